The molecule has 0 N–H and O–H groups in total. The number of nitrogens with zero attached hydrogens (tertiary/aromatic N) is 1. The van der Waals surface area contributed by atoms with Gasteiger partial charge in [0.15, 0.2) is 0 Å². The molecule has 4 nitrogen and oxygen atoms in total. The van der Waals surface area contributed by atoms with Gasteiger partial charge in [0.05, 0.1) is 5.92 Å². The van der Waals surface area contributed by atoms with Crippen LogP contribution in [0.3, 0.4) is 0 Å². The van der Waals surface area contributed by atoms with Gasteiger partial charge in [-0.05, 0) is 30.5 Å². The number of rotatable bonds is 4. The first-order valence-corrected chi connectivity index (χ1v) is 6.48. The molecule has 2 unspecified atom stereocenters. The van der Waals surface area contributed by atoms with Gasteiger partial charge in [-0.15, -0.1) is 0 Å². The van der Waals surface area contributed by atoms with Gasteiger partial charge < -0.3 is 0 Å². The van der Waals surface area contributed by atoms with E-state index in [-0.39, 0.29) is 24.1 Å². The smallest absolute Gasteiger partial charge is 0.211 e. The first-order chi connectivity index (χ1) is 9.08. The molecule has 0 radical (unpaired) electrons. The zero-order valence-corrected chi connectivity index (χ0v) is 10.5. The minimum Gasteiger partial charge on any atom is -0.299 e. The van der Waals surface area contributed by atoms with Crippen LogP contribution < -0.4 is 0 Å². The lowest BCUT2D eigenvalue weighted by Crippen LogP contribution is -2.30. The second-order valence-corrected chi connectivity index (χ2v) is 4.99. The number of carbonyl (C=O) groups excluding carboxylic acids is 1. The molecule has 1 fully saturated rings. The SMILES string of the molecule is O=C1CCCCC1C(C[N+](=O)[O-])c1ccc(F)cc1. The molecule has 1 aliphatic rings. The number of Topliss-reactive ketones (excluding diaryl/α,β-unsaturated/α-hetero) is 1. The molecule has 102 valence electrons. The third-order valence-electron chi connectivity index (χ3n) is 3.73. The van der Waals surface area contributed by atoms with Crippen molar-refractivity contribution in [3.05, 3.63) is 45.8 Å². The number of carbonyl (C=O) groups is 1. The van der Waals surface area contributed by atoms with Crippen molar-refractivity contribution in [2.24, 2.45) is 5.92 Å². The van der Waals surface area contributed by atoms with E-state index in [1.165, 1.54) is 12.1 Å². The topological polar surface area (TPSA) is 60.2 Å². The summed E-state index contributed by atoms with van der Waals surface area (Å²) >= 11 is 0. The highest BCUT2D eigenvalue weighted by molar-refractivity contribution is 5.82. The molecule has 0 aromatic heterocycles. The minimum absolute atomic E-state index is 0.0995. The quantitative estimate of drug-likeness (QED) is 0.621. The van der Waals surface area contributed by atoms with Gasteiger partial charge in [0.1, 0.15) is 11.6 Å². The lowest BCUT2D eigenvalue weighted by Gasteiger charge is -2.26. The van der Waals surface area contributed by atoms with Crippen LogP contribution in [0, 0.1) is 21.8 Å². The van der Waals surface area contributed by atoms with Crippen LogP contribution in [0.5, 0.6) is 0 Å². The van der Waals surface area contributed by atoms with Crippen LogP contribution in [0.2, 0.25) is 0 Å². The van der Waals surface area contributed by atoms with Crippen molar-refractivity contribution in [3.8, 4) is 0 Å². The van der Waals surface area contributed by atoms with Gasteiger partial charge in [-0.3, -0.25) is 14.9 Å². The maximum Gasteiger partial charge on any atom is 0.211 e. The first-order valence-electron chi connectivity index (χ1n) is 6.48. The molecule has 5 heteroatoms. The molecular weight excluding hydrogens is 249 g/mol. The molecule has 1 aromatic carbocycles. The van der Waals surface area contributed by atoms with Crippen molar-refractivity contribution in [2.75, 3.05) is 6.54 Å². The highest BCUT2D eigenvalue weighted by Crippen LogP contribution is 2.34. The summed E-state index contributed by atoms with van der Waals surface area (Å²) in [7, 11) is 0. The third-order valence-corrected chi connectivity index (χ3v) is 3.73. The summed E-state index contributed by atoms with van der Waals surface area (Å²) in [4.78, 5) is 22.4. The molecule has 1 aliphatic carbocycles. The van der Waals surface area contributed by atoms with Gasteiger partial charge in [0.2, 0.25) is 6.54 Å². The standard InChI is InChI=1S/C14H16FNO3/c15-11-7-5-10(6-8-11)13(9-16(18)19)12-3-1-2-4-14(12)17/h5-8,12-13H,1-4,9H2. The van der Waals surface area contributed by atoms with Crippen molar-refractivity contribution in [3.63, 3.8) is 0 Å². The van der Waals surface area contributed by atoms with Gasteiger partial charge in [0.25, 0.3) is 0 Å². The van der Waals surface area contributed by atoms with Gasteiger partial charge in [0, 0.05) is 17.3 Å². The lowest BCUT2D eigenvalue weighted by molar-refractivity contribution is -0.484. The van der Waals surface area contributed by atoms with Crippen molar-refractivity contribution in [1.29, 1.82) is 0 Å². The van der Waals surface area contributed by atoms with Gasteiger partial charge in [-0.25, -0.2) is 4.39 Å². The first kappa shape index (κ1) is 13.6. The maximum atomic E-state index is 12.9. The van der Waals surface area contributed by atoms with Crippen molar-refractivity contribution < 1.29 is 14.1 Å². The molecule has 1 saturated carbocycles. The largest absolute Gasteiger partial charge is 0.299 e. The summed E-state index contributed by atoms with van der Waals surface area (Å²) < 4.78 is 12.9. The molecule has 2 atom stereocenters. The Balaban J connectivity index is 2.26. The molecular formula is C14H16FNO3. The normalized spacial score (nSPS) is 21.1. The van der Waals surface area contributed by atoms with E-state index in [9.17, 15) is 19.3 Å². The Kier molecular flexibility index (Phi) is 4.24. The molecule has 0 bridgehead atoms. The molecule has 1 aromatic rings. The minimum atomic E-state index is -0.441. The summed E-state index contributed by atoms with van der Waals surface area (Å²) in [5.41, 5.74) is 0.679. The number of ketones is 1. The van der Waals surface area contributed by atoms with Crippen molar-refractivity contribution in [1.82, 2.24) is 0 Å². The summed E-state index contributed by atoms with van der Waals surface area (Å²) in [5.74, 6) is -1.02. The van der Waals surface area contributed by atoms with E-state index in [1.54, 1.807) is 12.1 Å². The number of halogens is 1. The van der Waals surface area contributed by atoms with Crippen LogP contribution in [0.25, 0.3) is 0 Å². The number of hydrogen-bond acceptors (Lipinski definition) is 3. The third kappa shape index (κ3) is 3.36. The number of nitro groups is 1. The average Bonchev–Trinajstić information content (AvgIpc) is 2.38. The van der Waals surface area contributed by atoms with Crippen LogP contribution in [0.4, 0.5) is 4.39 Å². The van der Waals surface area contributed by atoms with E-state index in [0.29, 0.717) is 18.4 Å². The lowest BCUT2D eigenvalue weighted by atomic mass is 9.76. The van der Waals surface area contributed by atoms with E-state index in [4.69, 9.17) is 0 Å². The fourth-order valence-corrected chi connectivity index (χ4v) is 2.77. The van der Waals surface area contributed by atoms with Crippen LogP contribution in [-0.4, -0.2) is 17.3 Å². The van der Waals surface area contributed by atoms with Gasteiger partial charge >= 0.3 is 0 Å². The summed E-state index contributed by atoms with van der Waals surface area (Å²) in [5, 5.41) is 10.8. The Labute approximate surface area is 110 Å². The van der Waals surface area contributed by atoms with Crippen LogP contribution >= 0.6 is 0 Å². The zero-order valence-electron chi connectivity index (χ0n) is 10.5. The predicted octanol–water partition coefficient (Wildman–Crippen LogP) is 2.95. The Morgan fingerprint density at radius 2 is 2.00 bits per heavy atom. The Morgan fingerprint density at radius 1 is 1.32 bits per heavy atom. The van der Waals surface area contributed by atoms with Crippen LogP contribution in [-0.2, 0) is 4.79 Å². The van der Waals surface area contributed by atoms with Crippen LogP contribution in [0.1, 0.15) is 37.2 Å². The monoisotopic (exact) mass is 265 g/mol. The maximum absolute atomic E-state index is 12.9. The molecule has 0 aliphatic heterocycles. The average molecular weight is 265 g/mol. The van der Waals surface area contributed by atoms with E-state index in [2.05, 4.69) is 0 Å². The summed E-state index contributed by atoms with van der Waals surface area (Å²) in [6, 6.07) is 5.67. The van der Waals surface area contributed by atoms with E-state index < -0.39 is 10.8 Å². The van der Waals surface area contributed by atoms with E-state index >= 15 is 0 Å². The molecule has 19 heavy (non-hydrogen) atoms. The fraction of sp³-hybridized carbons (Fsp3) is 0.500. The summed E-state index contributed by atoms with van der Waals surface area (Å²) in [6.45, 7) is -0.276. The number of benzene rings is 1. The van der Waals surface area contributed by atoms with E-state index in [1.807, 2.05) is 0 Å². The van der Waals surface area contributed by atoms with Gasteiger partial charge in [-0.1, -0.05) is 18.6 Å². The molecule has 0 saturated heterocycles. The zero-order chi connectivity index (χ0) is 13.8. The highest BCUT2D eigenvalue weighted by atomic mass is 19.1. The second-order valence-electron chi connectivity index (χ2n) is 4.99. The fourth-order valence-electron chi connectivity index (χ4n) is 2.77. The predicted molar refractivity (Wildman–Crippen MR) is 68.0 cm³/mol. The van der Waals surface area contributed by atoms with E-state index in [0.717, 1.165) is 12.8 Å². The highest BCUT2D eigenvalue weighted by Gasteiger charge is 2.34. The molecule has 2 rings (SSSR count). The summed E-state index contributed by atoms with van der Waals surface area (Å²) in [6.07, 6.45) is 2.98. The second kappa shape index (κ2) is 5.91. The van der Waals surface area contributed by atoms with Crippen molar-refractivity contribution in [2.45, 2.75) is 31.6 Å². The van der Waals surface area contributed by atoms with Crippen molar-refractivity contribution >= 4 is 5.78 Å². The Morgan fingerprint density at radius 3 is 2.58 bits per heavy atom. The van der Waals surface area contributed by atoms with Crippen LogP contribution in [0.15, 0.2) is 24.3 Å². The molecule has 0 amide bonds. The Bertz CT molecular complexity index is 472. The molecule has 0 heterocycles. The number of hydrogen-bond donors (Lipinski definition) is 0. The van der Waals surface area contributed by atoms with Gasteiger partial charge in [-0.2, -0.15) is 0 Å². The molecule has 0 spiro atoms. The Hall–Kier alpha value is -1.78.